The van der Waals surface area contributed by atoms with Gasteiger partial charge in [-0.25, -0.2) is 0 Å². The van der Waals surface area contributed by atoms with E-state index in [0.29, 0.717) is 15.7 Å². The summed E-state index contributed by atoms with van der Waals surface area (Å²) in [5.74, 6) is 0. The summed E-state index contributed by atoms with van der Waals surface area (Å²) >= 11 is 1.29. The molecule has 3 heterocycles. The van der Waals surface area contributed by atoms with E-state index in [-0.39, 0.29) is 5.56 Å². The van der Waals surface area contributed by atoms with E-state index in [9.17, 15) is 4.79 Å². The molecule has 0 aromatic carbocycles. The van der Waals surface area contributed by atoms with Crippen molar-refractivity contribution < 1.29 is 0 Å². The highest BCUT2D eigenvalue weighted by Gasteiger charge is 2.11. The van der Waals surface area contributed by atoms with Crippen LogP contribution in [0.25, 0.3) is 15.7 Å². The first-order chi connectivity index (χ1) is 8.25. The second-order valence-corrected chi connectivity index (χ2v) is 4.36. The van der Waals surface area contributed by atoms with Crippen LogP contribution in [-0.2, 0) is 0 Å². The summed E-state index contributed by atoms with van der Waals surface area (Å²) in [5.41, 5.74) is 0.814. The van der Waals surface area contributed by atoms with Crippen molar-refractivity contribution in [1.82, 2.24) is 24.8 Å². The lowest BCUT2D eigenvalue weighted by molar-refractivity contribution is 0.828. The predicted molar refractivity (Wildman–Crippen MR) is 62.9 cm³/mol. The fraction of sp³-hybridized carbons (Fsp3) is 0.100. The monoisotopic (exact) mass is 245 g/mol. The van der Waals surface area contributed by atoms with Gasteiger partial charge < -0.3 is 0 Å². The first-order valence-corrected chi connectivity index (χ1v) is 5.72. The zero-order chi connectivity index (χ0) is 11.8. The van der Waals surface area contributed by atoms with Crippen LogP contribution in [0.4, 0.5) is 0 Å². The summed E-state index contributed by atoms with van der Waals surface area (Å²) in [6.45, 7) is 1.61. The summed E-state index contributed by atoms with van der Waals surface area (Å²) in [4.78, 5) is 16.4. The molecule has 3 aromatic heterocycles. The fourth-order valence-electron chi connectivity index (χ4n) is 1.39. The van der Waals surface area contributed by atoms with Crippen LogP contribution in [-0.4, -0.2) is 24.8 Å². The van der Waals surface area contributed by atoms with E-state index in [2.05, 4.69) is 20.3 Å². The molecule has 0 bridgehead atoms. The quantitative estimate of drug-likeness (QED) is 0.637. The summed E-state index contributed by atoms with van der Waals surface area (Å²) in [7, 11) is 0. The van der Waals surface area contributed by atoms with Gasteiger partial charge in [0.15, 0.2) is 5.01 Å². The Kier molecular flexibility index (Phi) is 2.19. The number of rotatable bonds is 1. The molecule has 0 unspecified atom stereocenters. The van der Waals surface area contributed by atoms with Crippen molar-refractivity contribution in [3.05, 3.63) is 40.4 Å². The molecule has 0 radical (unpaired) electrons. The van der Waals surface area contributed by atoms with Crippen LogP contribution in [0.2, 0.25) is 0 Å². The molecule has 0 spiro atoms. The number of aromatic nitrogens is 5. The second kappa shape index (κ2) is 3.70. The Balaban J connectivity index is 2.28. The Hall–Kier alpha value is -2.15. The maximum Gasteiger partial charge on any atom is 0.296 e. The van der Waals surface area contributed by atoms with Crippen LogP contribution in [0.15, 0.2) is 29.2 Å². The van der Waals surface area contributed by atoms with Crippen LogP contribution in [0.3, 0.4) is 0 Å². The molecule has 0 atom stereocenters. The number of fused-ring (bicyclic) bond motifs is 1. The smallest absolute Gasteiger partial charge is 0.265 e. The molecular weight excluding hydrogens is 238 g/mol. The molecule has 0 aliphatic carbocycles. The third-order valence-corrected chi connectivity index (χ3v) is 3.15. The summed E-state index contributed by atoms with van der Waals surface area (Å²) < 4.78 is 1.26. The van der Waals surface area contributed by atoms with Gasteiger partial charge in [-0.15, -0.1) is 15.3 Å². The fourth-order valence-corrected chi connectivity index (χ4v) is 2.20. The summed E-state index contributed by atoms with van der Waals surface area (Å²) in [6, 6.07) is 5.53. The first kappa shape index (κ1) is 10.0. The Morgan fingerprint density at radius 1 is 1.29 bits per heavy atom. The number of hydrogen-bond acceptors (Lipinski definition) is 6. The minimum atomic E-state index is -0.242. The normalized spacial score (nSPS) is 10.9. The topological polar surface area (TPSA) is 73.0 Å². The Morgan fingerprint density at radius 3 is 2.94 bits per heavy atom. The van der Waals surface area contributed by atoms with Gasteiger partial charge in [0.1, 0.15) is 11.4 Å². The number of aryl methyl sites for hydroxylation is 1. The van der Waals surface area contributed by atoms with Gasteiger partial charge in [0, 0.05) is 6.20 Å². The number of nitrogens with zero attached hydrogens (tertiary/aromatic N) is 5. The Bertz CT molecular complexity index is 733. The molecule has 0 saturated carbocycles. The number of hydrogen-bond donors (Lipinski definition) is 0. The van der Waals surface area contributed by atoms with Crippen molar-refractivity contribution in [2.24, 2.45) is 0 Å². The molecule has 17 heavy (non-hydrogen) atoms. The van der Waals surface area contributed by atoms with Gasteiger partial charge in [-0.3, -0.25) is 9.78 Å². The molecule has 3 aromatic rings. The molecule has 0 amide bonds. The molecular formula is C10H7N5OS. The maximum absolute atomic E-state index is 11.8. The lowest BCUT2D eigenvalue weighted by atomic mass is 10.4. The average molecular weight is 245 g/mol. The molecule has 0 fully saturated rings. The van der Waals surface area contributed by atoms with Crippen molar-refractivity contribution >= 4 is 16.3 Å². The Morgan fingerprint density at radius 2 is 2.18 bits per heavy atom. The predicted octanol–water partition coefficient (Wildman–Crippen LogP) is 0.916. The lowest BCUT2D eigenvalue weighted by Crippen LogP contribution is -2.19. The van der Waals surface area contributed by atoms with E-state index in [4.69, 9.17) is 0 Å². The van der Waals surface area contributed by atoms with E-state index in [1.165, 1.54) is 15.9 Å². The molecule has 84 valence electrons. The third-order valence-electron chi connectivity index (χ3n) is 2.23. The third kappa shape index (κ3) is 1.60. The van der Waals surface area contributed by atoms with Crippen LogP contribution in [0.5, 0.6) is 0 Å². The minimum absolute atomic E-state index is 0.242. The van der Waals surface area contributed by atoms with Gasteiger partial charge in [-0.1, -0.05) is 17.4 Å². The standard InChI is InChI=1S/C10H7N5OS/c1-6-9(16)15-10(13-12-6)17-8(14-15)7-4-2-3-5-11-7/h2-5H,1H3. The molecule has 6 nitrogen and oxygen atoms in total. The van der Waals surface area contributed by atoms with E-state index in [0.717, 1.165) is 5.69 Å². The summed E-state index contributed by atoms with van der Waals surface area (Å²) in [6.07, 6.45) is 1.68. The van der Waals surface area contributed by atoms with E-state index < -0.39 is 0 Å². The summed E-state index contributed by atoms with van der Waals surface area (Å²) in [5, 5.41) is 12.6. The molecule has 3 rings (SSSR count). The van der Waals surface area contributed by atoms with E-state index in [1.54, 1.807) is 13.1 Å². The minimum Gasteiger partial charge on any atom is -0.265 e. The molecule has 0 aliphatic heterocycles. The SMILES string of the molecule is Cc1nnc2sc(-c3ccccn3)nn2c1=O. The largest absolute Gasteiger partial charge is 0.296 e. The van der Waals surface area contributed by atoms with Gasteiger partial charge in [-0.2, -0.15) is 4.52 Å². The Labute approximate surface area is 99.6 Å². The molecule has 7 heteroatoms. The highest BCUT2D eigenvalue weighted by molar-refractivity contribution is 7.19. The van der Waals surface area contributed by atoms with Crippen molar-refractivity contribution in [2.45, 2.75) is 6.92 Å². The van der Waals surface area contributed by atoms with Crippen molar-refractivity contribution in [3.8, 4) is 10.7 Å². The van der Waals surface area contributed by atoms with Crippen LogP contribution >= 0.6 is 11.3 Å². The molecule has 0 N–H and O–H groups in total. The van der Waals surface area contributed by atoms with Crippen LogP contribution < -0.4 is 5.56 Å². The van der Waals surface area contributed by atoms with Gasteiger partial charge in [0.25, 0.3) is 5.56 Å². The lowest BCUT2D eigenvalue weighted by Gasteiger charge is -1.90. The van der Waals surface area contributed by atoms with Crippen molar-refractivity contribution in [2.75, 3.05) is 0 Å². The zero-order valence-electron chi connectivity index (χ0n) is 8.86. The van der Waals surface area contributed by atoms with E-state index in [1.807, 2.05) is 18.2 Å². The van der Waals surface area contributed by atoms with Gasteiger partial charge in [0.2, 0.25) is 4.96 Å². The molecule has 0 saturated heterocycles. The number of pyridine rings is 1. The average Bonchev–Trinajstić information content (AvgIpc) is 2.80. The first-order valence-electron chi connectivity index (χ1n) is 4.90. The van der Waals surface area contributed by atoms with Crippen molar-refractivity contribution in [3.63, 3.8) is 0 Å². The van der Waals surface area contributed by atoms with E-state index >= 15 is 0 Å². The van der Waals surface area contributed by atoms with Crippen molar-refractivity contribution in [1.29, 1.82) is 0 Å². The zero-order valence-corrected chi connectivity index (χ0v) is 9.68. The highest BCUT2D eigenvalue weighted by Crippen LogP contribution is 2.21. The van der Waals surface area contributed by atoms with Gasteiger partial charge in [-0.05, 0) is 19.1 Å². The molecule has 0 aliphatic rings. The van der Waals surface area contributed by atoms with Gasteiger partial charge in [0.05, 0.1) is 0 Å². The van der Waals surface area contributed by atoms with Crippen LogP contribution in [0, 0.1) is 6.92 Å². The second-order valence-electron chi connectivity index (χ2n) is 3.41. The van der Waals surface area contributed by atoms with Gasteiger partial charge >= 0.3 is 0 Å². The van der Waals surface area contributed by atoms with Crippen LogP contribution in [0.1, 0.15) is 5.69 Å². The maximum atomic E-state index is 11.8. The highest BCUT2D eigenvalue weighted by atomic mass is 32.1.